The van der Waals surface area contributed by atoms with Crippen molar-refractivity contribution in [2.45, 2.75) is 18.6 Å². The minimum Gasteiger partial charge on any atom is -0.493 e. The second kappa shape index (κ2) is 11.1. The maximum absolute atomic E-state index is 13.4. The number of ether oxygens (including phenoxy) is 4. The normalized spacial score (nSPS) is 16.8. The molecule has 1 aromatic heterocycles. The van der Waals surface area contributed by atoms with E-state index in [0.29, 0.717) is 5.69 Å². The summed E-state index contributed by atoms with van der Waals surface area (Å²) < 4.78 is 59.0. The molecule has 1 amide bonds. The molecule has 39 heavy (non-hydrogen) atoms. The molecule has 2 atom stereocenters. The van der Waals surface area contributed by atoms with Gasteiger partial charge < -0.3 is 24.1 Å². The minimum absolute atomic E-state index is 0.0626. The summed E-state index contributed by atoms with van der Waals surface area (Å²) in [7, 11) is -1.16. The van der Waals surface area contributed by atoms with Crippen LogP contribution in [0.5, 0.6) is 23.0 Å². The van der Waals surface area contributed by atoms with Crippen LogP contribution in [0.4, 0.5) is 0 Å². The molecule has 206 valence electrons. The average molecular weight is 561 g/mol. The molecule has 14 heteroatoms. The number of methoxy groups -OCH3 is 3. The topological polar surface area (TPSA) is 171 Å². The standard InChI is InChI=1S/C25H24N2O11S/c1-34-19-10-14(11-20(35-2)23(19)36-3)21-17-8-7-16(37-13-15-6-4-5-9-26-15)12-18(17)24(28)27(22(21)25(29)30)38-39(31,32)33/h4-12,21-22H,13H2,1-3H3,(H,29,30)(H,31,32,33). The first-order chi connectivity index (χ1) is 18.6. The van der Waals surface area contributed by atoms with E-state index >= 15 is 0 Å². The summed E-state index contributed by atoms with van der Waals surface area (Å²) in [4.78, 5) is 30.0. The molecule has 0 saturated heterocycles. The van der Waals surface area contributed by atoms with Crippen LogP contribution in [-0.4, -0.2) is 67.4 Å². The number of aliphatic carboxylic acids is 1. The van der Waals surface area contributed by atoms with Gasteiger partial charge in [-0.25, -0.2) is 4.79 Å². The van der Waals surface area contributed by atoms with Gasteiger partial charge in [0.2, 0.25) is 5.75 Å². The number of carbonyl (C=O) groups excluding carboxylic acids is 1. The number of nitrogens with zero attached hydrogens (tertiary/aromatic N) is 2. The second-order valence-electron chi connectivity index (χ2n) is 8.21. The highest BCUT2D eigenvalue weighted by atomic mass is 32.3. The number of rotatable bonds is 10. The first kappa shape index (κ1) is 27.6. The van der Waals surface area contributed by atoms with Crippen LogP contribution < -0.4 is 18.9 Å². The molecule has 2 unspecified atom stereocenters. The van der Waals surface area contributed by atoms with Crippen LogP contribution in [0, 0.1) is 0 Å². The van der Waals surface area contributed by atoms with Crippen LogP contribution in [-0.2, 0) is 26.1 Å². The molecule has 1 aliphatic rings. The summed E-state index contributed by atoms with van der Waals surface area (Å²) in [5.74, 6) is -3.12. The van der Waals surface area contributed by atoms with E-state index in [1.807, 2.05) is 0 Å². The number of fused-ring (bicyclic) bond motifs is 1. The number of carboxylic acids is 1. The van der Waals surface area contributed by atoms with Crippen LogP contribution in [0.25, 0.3) is 0 Å². The predicted molar refractivity (Wildman–Crippen MR) is 133 cm³/mol. The third-order valence-corrected chi connectivity index (χ3v) is 6.29. The molecule has 0 fully saturated rings. The van der Waals surface area contributed by atoms with Gasteiger partial charge in [-0.15, -0.1) is 4.28 Å². The molecule has 13 nitrogen and oxygen atoms in total. The summed E-state index contributed by atoms with van der Waals surface area (Å²) in [5, 5.41) is 10.2. The average Bonchev–Trinajstić information content (AvgIpc) is 2.92. The van der Waals surface area contributed by atoms with Crippen molar-refractivity contribution >= 4 is 22.3 Å². The van der Waals surface area contributed by atoms with Crippen molar-refractivity contribution in [1.29, 1.82) is 0 Å². The zero-order valence-corrected chi connectivity index (χ0v) is 21.7. The Hall–Kier alpha value is -4.40. The van der Waals surface area contributed by atoms with E-state index in [1.54, 1.807) is 24.4 Å². The number of hydroxylamine groups is 2. The maximum atomic E-state index is 13.4. The highest BCUT2D eigenvalue weighted by molar-refractivity contribution is 7.80. The molecule has 3 aromatic rings. The lowest BCUT2D eigenvalue weighted by atomic mass is 9.79. The number of amides is 1. The Morgan fingerprint density at radius 2 is 1.72 bits per heavy atom. The van der Waals surface area contributed by atoms with Crippen molar-refractivity contribution in [3.63, 3.8) is 0 Å². The van der Waals surface area contributed by atoms with E-state index in [1.165, 1.54) is 51.7 Å². The molecular weight excluding hydrogens is 536 g/mol. The van der Waals surface area contributed by atoms with Crippen LogP contribution in [0.2, 0.25) is 0 Å². The summed E-state index contributed by atoms with van der Waals surface area (Å²) in [6.45, 7) is 0.0626. The fraction of sp³-hybridized carbons (Fsp3) is 0.240. The van der Waals surface area contributed by atoms with E-state index in [4.69, 9.17) is 18.9 Å². The molecule has 0 radical (unpaired) electrons. The second-order valence-corrected chi connectivity index (χ2v) is 9.22. The van der Waals surface area contributed by atoms with Gasteiger partial charge in [0.15, 0.2) is 17.5 Å². The van der Waals surface area contributed by atoms with Crippen molar-refractivity contribution in [2.75, 3.05) is 21.3 Å². The Labute approximate surface area is 223 Å². The van der Waals surface area contributed by atoms with Crippen molar-refractivity contribution in [3.05, 3.63) is 77.1 Å². The van der Waals surface area contributed by atoms with E-state index in [-0.39, 0.29) is 51.4 Å². The molecule has 0 aliphatic carbocycles. The lowest BCUT2D eigenvalue weighted by molar-refractivity contribution is -0.155. The fourth-order valence-corrected chi connectivity index (χ4v) is 4.70. The third-order valence-electron chi connectivity index (χ3n) is 5.95. The molecule has 4 rings (SSSR count). The van der Waals surface area contributed by atoms with Gasteiger partial charge in [0.25, 0.3) is 5.91 Å². The Balaban J connectivity index is 1.89. The van der Waals surface area contributed by atoms with Gasteiger partial charge in [-0.2, -0.15) is 13.5 Å². The summed E-state index contributed by atoms with van der Waals surface area (Å²) >= 11 is 0. The van der Waals surface area contributed by atoms with Crippen LogP contribution in [0.15, 0.2) is 54.7 Å². The quantitative estimate of drug-likeness (QED) is 0.348. The van der Waals surface area contributed by atoms with Crippen molar-refractivity contribution in [2.24, 2.45) is 0 Å². The minimum atomic E-state index is -5.29. The van der Waals surface area contributed by atoms with Crippen LogP contribution in [0.3, 0.4) is 0 Å². The zero-order valence-electron chi connectivity index (χ0n) is 20.9. The molecule has 1 aliphatic heterocycles. The summed E-state index contributed by atoms with van der Waals surface area (Å²) in [5.41, 5.74) is 0.978. The molecular formula is C25H24N2O11S. The van der Waals surface area contributed by atoms with Crippen molar-refractivity contribution in [3.8, 4) is 23.0 Å². The summed E-state index contributed by atoms with van der Waals surface area (Å²) in [6.07, 6.45) is 1.59. The Kier molecular flexibility index (Phi) is 7.90. The lowest BCUT2D eigenvalue weighted by Crippen LogP contribution is -2.53. The van der Waals surface area contributed by atoms with Gasteiger partial charge in [0, 0.05) is 17.7 Å². The number of benzene rings is 2. The Morgan fingerprint density at radius 1 is 1.03 bits per heavy atom. The number of hydrogen-bond acceptors (Lipinski definition) is 10. The number of carboxylic acid groups (broad SMARTS) is 1. The molecule has 0 spiro atoms. The third kappa shape index (κ3) is 5.72. The number of pyridine rings is 1. The number of aromatic nitrogens is 1. The Bertz CT molecular complexity index is 1470. The van der Waals surface area contributed by atoms with Gasteiger partial charge >= 0.3 is 16.4 Å². The van der Waals surface area contributed by atoms with Gasteiger partial charge in [-0.3, -0.25) is 14.3 Å². The van der Waals surface area contributed by atoms with E-state index in [0.717, 1.165) is 0 Å². The van der Waals surface area contributed by atoms with Crippen molar-refractivity contribution in [1.82, 2.24) is 10.0 Å². The molecule has 2 aromatic carbocycles. The summed E-state index contributed by atoms with van der Waals surface area (Å²) in [6, 6.07) is 10.6. The smallest absolute Gasteiger partial charge is 0.418 e. The zero-order chi connectivity index (χ0) is 28.3. The van der Waals surface area contributed by atoms with E-state index < -0.39 is 34.2 Å². The van der Waals surface area contributed by atoms with E-state index in [9.17, 15) is 27.7 Å². The van der Waals surface area contributed by atoms with Gasteiger partial charge in [-0.05, 0) is 47.5 Å². The molecule has 2 N–H and O–H groups in total. The highest BCUT2D eigenvalue weighted by Gasteiger charge is 2.48. The highest BCUT2D eigenvalue weighted by Crippen LogP contribution is 2.46. The van der Waals surface area contributed by atoms with Crippen molar-refractivity contribution < 1.29 is 50.9 Å². The van der Waals surface area contributed by atoms with Gasteiger partial charge in [0.1, 0.15) is 12.4 Å². The SMILES string of the molecule is COc1cc(C2c3ccc(OCc4ccccn4)cc3C(=O)N(OS(=O)(=O)O)C2C(=O)O)cc(OC)c1OC. The largest absolute Gasteiger partial charge is 0.493 e. The van der Waals surface area contributed by atoms with Crippen LogP contribution >= 0.6 is 0 Å². The number of hydrogen-bond donors (Lipinski definition) is 2. The first-order valence-corrected chi connectivity index (χ1v) is 12.6. The molecule has 0 saturated carbocycles. The Morgan fingerprint density at radius 3 is 2.26 bits per heavy atom. The first-order valence-electron chi connectivity index (χ1n) is 11.3. The maximum Gasteiger partial charge on any atom is 0.418 e. The van der Waals surface area contributed by atoms with Gasteiger partial charge in [0.05, 0.1) is 27.0 Å². The molecule has 2 heterocycles. The van der Waals surface area contributed by atoms with Crippen LogP contribution in [0.1, 0.15) is 33.1 Å². The number of carbonyl (C=O) groups is 2. The monoisotopic (exact) mass is 560 g/mol. The van der Waals surface area contributed by atoms with E-state index in [2.05, 4.69) is 9.27 Å². The fourth-order valence-electron chi connectivity index (χ4n) is 4.34. The van der Waals surface area contributed by atoms with Gasteiger partial charge in [-0.1, -0.05) is 12.1 Å². The lowest BCUT2D eigenvalue weighted by Gasteiger charge is -2.38. The molecule has 0 bridgehead atoms. The predicted octanol–water partition coefficient (Wildman–Crippen LogP) is 2.46.